The molecule has 26 heavy (non-hydrogen) atoms. The van der Waals surface area contributed by atoms with Gasteiger partial charge in [-0.05, 0) is 48.4 Å². The second-order valence-corrected chi connectivity index (χ2v) is 6.45. The molecule has 0 N–H and O–H groups in total. The molecule has 5 nitrogen and oxygen atoms in total. The maximum absolute atomic E-state index is 12.1. The number of aryl methyl sites for hydroxylation is 1. The number of rotatable bonds is 4. The number of aromatic nitrogens is 2. The van der Waals surface area contributed by atoms with Crippen LogP contribution in [-0.4, -0.2) is 15.4 Å². The highest BCUT2D eigenvalue weighted by molar-refractivity contribution is 6.42. The van der Waals surface area contributed by atoms with E-state index in [-0.39, 0.29) is 12.2 Å². The van der Waals surface area contributed by atoms with E-state index in [4.69, 9.17) is 27.9 Å². The topological polar surface area (TPSA) is 60.7 Å². The number of carbonyl (C=O) groups is 1. The molecular formula is C19H14Cl2N2O3. The minimum Gasteiger partial charge on any atom is -0.456 e. The first-order valence-corrected chi connectivity index (χ1v) is 8.47. The fourth-order valence-corrected chi connectivity index (χ4v) is 2.61. The summed E-state index contributed by atoms with van der Waals surface area (Å²) in [6, 6.07) is 9.97. The maximum atomic E-state index is 12.1. The molecule has 2 aromatic heterocycles. The zero-order valence-electron chi connectivity index (χ0n) is 13.8. The van der Waals surface area contributed by atoms with Crippen molar-refractivity contribution < 1.29 is 9.53 Å². The molecule has 0 bridgehead atoms. The summed E-state index contributed by atoms with van der Waals surface area (Å²) in [6.45, 7) is 1.82. The number of benzene rings is 1. The van der Waals surface area contributed by atoms with Crippen LogP contribution >= 0.6 is 23.2 Å². The summed E-state index contributed by atoms with van der Waals surface area (Å²) in [6.07, 6.45) is 4.50. The van der Waals surface area contributed by atoms with Gasteiger partial charge < -0.3 is 4.74 Å². The largest absolute Gasteiger partial charge is 0.456 e. The van der Waals surface area contributed by atoms with Gasteiger partial charge in [0.25, 0.3) is 5.56 Å². The van der Waals surface area contributed by atoms with Gasteiger partial charge in [-0.1, -0.05) is 29.3 Å². The van der Waals surface area contributed by atoms with Crippen LogP contribution < -0.4 is 5.56 Å². The molecule has 0 fully saturated rings. The van der Waals surface area contributed by atoms with E-state index >= 15 is 0 Å². The molecular weight excluding hydrogens is 375 g/mol. The number of fused-ring (bicyclic) bond motifs is 1. The molecule has 132 valence electrons. The van der Waals surface area contributed by atoms with Crippen molar-refractivity contribution in [3.05, 3.63) is 85.9 Å². The third-order valence-electron chi connectivity index (χ3n) is 3.59. The van der Waals surface area contributed by atoms with Gasteiger partial charge in [-0.2, -0.15) is 0 Å². The lowest BCUT2D eigenvalue weighted by Crippen LogP contribution is -2.16. The van der Waals surface area contributed by atoms with E-state index in [1.54, 1.807) is 36.5 Å². The van der Waals surface area contributed by atoms with Gasteiger partial charge in [0.15, 0.2) is 0 Å². The third-order valence-corrected chi connectivity index (χ3v) is 4.33. The monoisotopic (exact) mass is 388 g/mol. The summed E-state index contributed by atoms with van der Waals surface area (Å²) in [5, 5.41) is 0.841. The average Bonchev–Trinajstić information content (AvgIpc) is 2.60. The average molecular weight is 389 g/mol. The maximum Gasteiger partial charge on any atom is 0.331 e. The third kappa shape index (κ3) is 4.31. The molecule has 0 spiro atoms. The summed E-state index contributed by atoms with van der Waals surface area (Å²) in [5.41, 5.74) is 2.36. The van der Waals surface area contributed by atoms with E-state index in [0.717, 1.165) is 5.56 Å². The van der Waals surface area contributed by atoms with Crippen molar-refractivity contribution in [2.45, 2.75) is 13.5 Å². The number of hydrogen-bond donors (Lipinski definition) is 0. The SMILES string of the molecule is Cc1ccn2c(=O)cc(COC(=O)/C=C/c3ccc(Cl)c(Cl)c3)nc2c1. The predicted molar refractivity (Wildman–Crippen MR) is 101 cm³/mol. The fraction of sp³-hybridized carbons (Fsp3) is 0.105. The van der Waals surface area contributed by atoms with Gasteiger partial charge in [0.2, 0.25) is 0 Å². The van der Waals surface area contributed by atoms with Gasteiger partial charge in [0.1, 0.15) is 12.3 Å². The van der Waals surface area contributed by atoms with E-state index in [0.29, 0.717) is 26.9 Å². The zero-order valence-corrected chi connectivity index (χ0v) is 15.3. The Morgan fingerprint density at radius 1 is 1.19 bits per heavy atom. The van der Waals surface area contributed by atoms with Gasteiger partial charge in [-0.25, -0.2) is 9.78 Å². The molecule has 0 atom stereocenters. The fourth-order valence-electron chi connectivity index (χ4n) is 2.30. The normalized spacial score (nSPS) is 11.2. The van der Waals surface area contributed by atoms with E-state index < -0.39 is 5.97 Å². The van der Waals surface area contributed by atoms with Crippen LogP contribution in [0.25, 0.3) is 11.7 Å². The number of carbonyl (C=O) groups excluding carboxylic acids is 1. The molecule has 2 heterocycles. The Balaban J connectivity index is 1.69. The Morgan fingerprint density at radius 2 is 2.00 bits per heavy atom. The first-order valence-electron chi connectivity index (χ1n) is 7.71. The first kappa shape index (κ1) is 18.2. The molecule has 3 rings (SSSR count). The van der Waals surface area contributed by atoms with Crippen molar-refractivity contribution in [1.82, 2.24) is 9.38 Å². The van der Waals surface area contributed by atoms with Gasteiger partial charge in [0, 0.05) is 18.3 Å². The molecule has 1 aromatic carbocycles. The molecule has 0 radical (unpaired) electrons. The van der Waals surface area contributed by atoms with E-state index in [2.05, 4.69) is 4.98 Å². The highest BCUT2D eigenvalue weighted by Crippen LogP contribution is 2.23. The number of ether oxygens (including phenoxy) is 1. The first-order chi connectivity index (χ1) is 12.4. The van der Waals surface area contributed by atoms with Crippen LogP contribution in [-0.2, 0) is 16.1 Å². The highest BCUT2D eigenvalue weighted by atomic mass is 35.5. The number of halogens is 2. The van der Waals surface area contributed by atoms with Crippen LogP contribution in [0, 0.1) is 6.92 Å². The van der Waals surface area contributed by atoms with Crippen LogP contribution in [0.1, 0.15) is 16.8 Å². The smallest absolute Gasteiger partial charge is 0.331 e. The molecule has 7 heteroatoms. The molecule has 3 aromatic rings. The number of esters is 1. The van der Waals surface area contributed by atoms with Crippen molar-refractivity contribution in [2.75, 3.05) is 0 Å². The van der Waals surface area contributed by atoms with Gasteiger partial charge in [0.05, 0.1) is 15.7 Å². The quantitative estimate of drug-likeness (QED) is 0.499. The highest BCUT2D eigenvalue weighted by Gasteiger charge is 2.05. The Bertz CT molecular complexity index is 1070. The Labute approximate surface area is 159 Å². The van der Waals surface area contributed by atoms with Crippen LogP contribution in [0.5, 0.6) is 0 Å². The summed E-state index contributed by atoms with van der Waals surface area (Å²) in [4.78, 5) is 28.3. The predicted octanol–water partition coefficient (Wildman–Crippen LogP) is 4.07. The van der Waals surface area contributed by atoms with E-state index in [1.807, 2.05) is 13.0 Å². The van der Waals surface area contributed by atoms with Gasteiger partial charge in [-0.15, -0.1) is 0 Å². The summed E-state index contributed by atoms with van der Waals surface area (Å²) >= 11 is 11.8. The molecule has 0 saturated heterocycles. The lowest BCUT2D eigenvalue weighted by molar-refractivity contribution is -0.139. The van der Waals surface area contributed by atoms with Crippen molar-refractivity contribution in [2.24, 2.45) is 0 Å². The molecule has 0 aliphatic heterocycles. The summed E-state index contributed by atoms with van der Waals surface area (Å²) in [5.74, 6) is -0.553. The number of nitrogens with zero attached hydrogens (tertiary/aromatic N) is 2. The summed E-state index contributed by atoms with van der Waals surface area (Å²) < 4.78 is 6.58. The lowest BCUT2D eigenvalue weighted by Gasteiger charge is -2.05. The second kappa shape index (κ2) is 7.72. The minimum absolute atomic E-state index is 0.0930. The Morgan fingerprint density at radius 3 is 2.77 bits per heavy atom. The Hall–Kier alpha value is -2.63. The molecule has 0 aliphatic carbocycles. The molecule has 0 aliphatic rings. The van der Waals surface area contributed by atoms with Crippen LogP contribution in [0.2, 0.25) is 10.0 Å². The molecule has 0 unspecified atom stereocenters. The minimum atomic E-state index is -0.553. The van der Waals surface area contributed by atoms with Gasteiger partial charge in [-0.3, -0.25) is 9.20 Å². The van der Waals surface area contributed by atoms with Crippen molar-refractivity contribution in [3.8, 4) is 0 Å². The van der Waals surface area contributed by atoms with E-state index in [1.165, 1.54) is 16.5 Å². The second-order valence-electron chi connectivity index (χ2n) is 5.63. The zero-order chi connectivity index (χ0) is 18.7. The van der Waals surface area contributed by atoms with Gasteiger partial charge >= 0.3 is 5.97 Å². The van der Waals surface area contributed by atoms with Crippen LogP contribution in [0.4, 0.5) is 0 Å². The van der Waals surface area contributed by atoms with Crippen molar-refractivity contribution >= 4 is 40.9 Å². The number of hydrogen-bond acceptors (Lipinski definition) is 4. The van der Waals surface area contributed by atoms with Crippen molar-refractivity contribution in [1.29, 1.82) is 0 Å². The standard InChI is InChI=1S/C19H14Cl2N2O3/c1-12-6-7-23-17(8-12)22-14(10-18(23)24)11-26-19(25)5-3-13-2-4-15(20)16(21)9-13/h2-10H,11H2,1H3/b5-3+. The number of pyridine rings is 1. The molecule has 0 saturated carbocycles. The van der Waals surface area contributed by atoms with E-state index in [9.17, 15) is 9.59 Å². The molecule has 0 amide bonds. The van der Waals surface area contributed by atoms with Crippen molar-refractivity contribution in [3.63, 3.8) is 0 Å². The Kier molecular flexibility index (Phi) is 5.40. The summed E-state index contributed by atoms with van der Waals surface area (Å²) in [7, 11) is 0. The lowest BCUT2D eigenvalue weighted by atomic mass is 10.2. The van der Waals surface area contributed by atoms with Crippen LogP contribution in [0.15, 0.2) is 53.5 Å². The van der Waals surface area contributed by atoms with Crippen LogP contribution in [0.3, 0.4) is 0 Å².